The van der Waals surface area contributed by atoms with E-state index < -0.39 is 29.5 Å². The molecule has 136 valence electrons. The predicted octanol–water partition coefficient (Wildman–Crippen LogP) is 3.14. The topological polar surface area (TPSA) is 101 Å². The van der Waals surface area contributed by atoms with Crippen LogP contribution in [-0.4, -0.2) is 29.5 Å². The van der Waals surface area contributed by atoms with Crippen molar-refractivity contribution < 1.29 is 27.7 Å². The van der Waals surface area contributed by atoms with Crippen molar-refractivity contribution in [2.45, 2.75) is 6.18 Å². The number of hydrogen-bond donors (Lipinski definition) is 2. The van der Waals surface area contributed by atoms with Crippen LogP contribution < -0.4 is 10.6 Å². The summed E-state index contributed by atoms with van der Waals surface area (Å²) in [6, 6.07) is 10.3. The van der Waals surface area contributed by atoms with Crippen molar-refractivity contribution in [3.05, 3.63) is 69.8 Å². The SMILES string of the molecule is O=C(NCC(F)(F)F)c1ccc(NC(=O)c2cccc([N+](=O)[O-])c2)cc1. The number of amides is 2. The molecule has 2 aromatic carbocycles. The third kappa shape index (κ3) is 5.30. The molecule has 26 heavy (non-hydrogen) atoms. The van der Waals surface area contributed by atoms with Crippen molar-refractivity contribution in [2.75, 3.05) is 11.9 Å². The van der Waals surface area contributed by atoms with E-state index in [2.05, 4.69) is 5.32 Å². The smallest absolute Gasteiger partial charge is 0.343 e. The van der Waals surface area contributed by atoms with Crippen LogP contribution >= 0.6 is 0 Å². The third-order valence-electron chi connectivity index (χ3n) is 3.17. The lowest BCUT2D eigenvalue weighted by Gasteiger charge is -2.09. The van der Waals surface area contributed by atoms with Crippen molar-refractivity contribution in [3.63, 3.8) is 0 Å². The molecule has 7 nitrogen and oxygen atoms in total. The van der Waals surface area contributed by atoms with Crippen LogP contribution in [0.15, 0.2) is 48.5 Å². The normalized spacial score (nSPS) is 10.9. The first-order valence-electron chi connectivity index (χ1n) is 7.16. The fourth-order valence-corrected chi connectivity index (χ4v) is 1.95. The van der Waals surface area contributed by atoms with Crippen molar-refractivity contribution in [2.24, 2.45) is 0 Å². The number of halogens is 3. The zero-order valence-corrected chi connectivity index (χ0v) is 13.0. The second-order valence-corrected chi connectivity index (χ2v) is 5.14. The molecule has 0 aliphatic rings. The molecule has 0 atom stereocenters. The number of hydrogen-bond acceptors (Lipinski definition) is 4. The van der Waals surface area contributed by atoms with Gasteiger partial charge in [0.25, 0.3) is 17.5 Å². The first kappa shape index (κ1) is 18.9. The van der Waals surface area contributed by atoms with Gasteiger partial charge in [-0.15, -0.1) is 0 Å². The van der Waals surface area contributed by atoms with Gasteiger partial charge in [-0.1, -0.05) is 6.07 Å². The van der Waals surface area contributed by atoms with Crippen molar-refractivity contribution >= 4 is 23.2 Å². The average Bonchev–Trinajstić information content (AvgIpc) is 2.59. The van der Waals surface area contributed by atoms with Gasteiger partial charge in [-0.2, -0.15) is 13.2 Å². The highest BCUT2D eigenvalue weighted by Gasteiger charge is 2.27. The zero-order chi connectivity index (χ0) is 19.3. The average molecular weight is 367 g/mol. The van der Waals surface area contributed by atoms with E-state index in [0.717, 1.165) is 6.07 Å². The van der Waals surface area contributed by atoms with Crippen LogP contribution in [0.5, 0.6) is 0 Å². The summed E-state index contributed by atoms with van der Waals surface area (Å²) in [7, 11) is 0. The number of nitro benzene ring substituents is 1. The van der Waals surface area contributed by atoms with Crippen LogP contribution in [0.1, 0.15) is 20.7 Å². The maximum atomic E-state index is 12.1. The lowest BCUT2D eigenvalue weighted by Crippen LogP contribution is -2.33. The van der Waals surface area contributed by atoms with Crippen LogP contribution in [0.2, 0.25) is 0 Å². The van der Waals surface area contributed by atoms with Gasteiger partial charge in [-0.3, -0.25) is 19.7 Å². The second-order valence-electron chi connectivity index (χ2n) is 5.14. The van der Waals surface area contributed by atoms with Crippen LogP contribution in [0.25, 0.3) is 0 Å². The molecule has 0 aromatic heterocycles. The Hall–Kier alpha value is -3.43. The Morgan fingerprint density at radius 3 is 2.23 bits per heavy atom. The van der Waals surface area contributed by atoms with Gasteiger partial charge in [0.2, 0.25) is 0 Å². The Morgan fingerprint density at radius 2 is 1.65 bits per heavy atom. The van der Waals surface area contributed by atoms with E-state index in [9.17, 15) is 32.9 Å². The molecule has 0 saturated heterocycles. The van der Waals surface area contributed by atoms with E-state index in [-0.39, 0.29) is 22.5 Å². The predicted molar refractivity (Wildman–Crippen MR) is 85.9 cm³/mol. The van der Waals surface area contributed by atoms with Gasteiger partial charge in [0.05, 0.1) is 4.92 Å². The van der Waals surface area contributed by atoms with Gasteiger partial charge < -0.3 is 10.6 Å². The minimum absolute atomic E-state index is 0.0115. The molecule has 2 amide bonds. The zero-order valence-electron chi connectivity index (χ0n) is 13.0. The Labute approximate surface area is 145 Å². The van der Waals surface area contributed by atoms with E-state index in [4.69, 9.17) is 0 Å². The molecule has 2 aromatic rings. The number of carbonyl (C=O) groups excluding carboxylic acids is 2. The van der Waals surface area contributed by atoms with Crippen molar-refractivity contribution in [1.29, 1.82) is 0 Å². The van der Waals surface area contributed by atoms with Crippen LogP contribution in [-0.2, 0) is 0 Å². The molecule has 0 fully saturated rings. The van der Waals surface area contributed by atoms with Gasteiger partial charge >= 0.3 is 6.18 Å². The minimum atomic E-state index is -4.51. The number of carbonyl (C=O) groups is 2. The third-order valence-corrected chi connectivity index (χ3v) is 3.17. The number of anilines is 1. The summed E-state index contributed by atoms with van der Waals surface area (Å²) in [5.74, 6) is -1.51. The molecule has 10 heteroatoms. The first-order valence-corrected chi connectivity index (χ1v) is 7.16. The van der Waals surface area contributed by atoms with Crippen LogP contribution in [0.4, 0.5) is 24.5 Å². The molecule has 0 heterocycles. The Bertz CT molecular complexity index is 835. The number of rotatable bonds is 5. The molecule has 2 N–H and O–H groups in total. The highest BCUT2D eigenvalue weighted by Crippen LogP contribution is 2.16. The molecule has 2 rings (SSSR count). The fraction of sp³-hybridized carbons (Fsp3) is 0.125. The number of alkyl halides is 3. The van der Waals surface area contributed by atoms with Gasteiger partial charge in [0.1, 0.15) is 6.54 Å². The van der Waals surface area contributed by atoms with E-state index in [0.29, 0.717) is 0 Å². The summed E-state index contributed by atoms with van der Waals surface area (Å²) in [6.07, 6.45) is -4.51. The van der Waals surface area contributed by atoms with E-state index in [1.165, 1.54) is 42.5 Å². The Balaban J connectivity index is 2.02. The van der Waals surface area contributed by atoms with Gasteiger partial charge in [-0.05, 0) is 30.3 Å². The summed E-state index contributed by atoms with van der Waals surface area (Å²) < 4.78 is 36.2. The fourth-order valence-electron chi connectivity index (χ4n) is 1.95. The Kier molecular flexibility index (Phi) is 5.55. The van der Waals surface area contributed by atoms with Gasteiger partial charge in [0, 0.05) is 28.9 Å². The first-order chi connectivity index (χ1) is 12.2. The molecule has 0 radical (unpaired) electrons. The van der Waals surface area contributed by atoms with E-state index >= 15 is 0 Å². The lowest BCUT2D eigenvalue weighted by atomic mass is 10.1. The maximum absolute atomic E-state index is 12.1. The van der Waals surface area contributed by atoms with E-state index in [1.54, 1.807) is 5.32 Å². The number of nitrogens with one attached hydrogen (secondary N) is 2. The molecule has 0 aliphatic carbocycles. The van der Waals surface area contributed by atoms with Crippen molar-refractivity contribution in [1.82, 2.24) is 5.32 Å². The minimum Gasteiger partial charge on any atom is -0.343 e. The largest absolute Gasteiger partial charge is 0.405 e. The monoisotopic (exact) mass is 367 g/mol. The highest BCUT2D eigenvalue weighted by molar-refractivity contribution is 6.05. The molecule has 0 saturated carbocycles. The highest BCUT2D eigenvalue weighted by atomic mass is 19.4. The number of nitrogens with zero attached hydrogens (tertiary/aromatic N) is 1. The molecular formula is C16H12F3N3O4. The molecular weight excluding hydrogens is 355 g/mol. The summed E-state index contributed by atoms with van der Waals surface area (Å²) in [5.41, 5.74) is 0.0806. The van der Waals surface area contributed by atoms with Crippen LogP contribution in [0, 0.1) is 10.1 Å². The molecule has 0 aliphatic heterocycles. The molecule has 0 spiro atoms. The summed E-state index contributed by atoms with van der Waals surface area (Å²) >= 11 is 0. The number of non-ortho nitro benzene ring substituents is 1. The quantitative estimate of drug-likeness (QED) is 0.626. The maximum Gasteiger partial charge on any atom is 0.405 e. The van der Waals surface area contributed by atoms with Crippen LogP contribution in [0.3, 0.4) is 0 Å². The second kappa shape index (κ2) is 7.64. The Morgan fingerprint density at radius 1 is 1.00 bits per heavy atom. The van der Waals surface area contributed by atoms with Gasteiger partial charge in [0.15, 0.2) is 0 Å². The van der Waals surface area contributed by atoms with Gasteiger partial charge in [-0.25, -0.2) is 0 Å². The lowest BCUT2D eigenvalue weighted by molar-refractivity contribution is -0.384. The number of benzene rings is 2. The summed E-state index contributed by atoms with van der Waals surface area (Å²) in [5, 5.41) is 14.9. The molecule has 0 bridgehead atoms. The standard InChI is InChI=1S/C16H12F3N3O4/c17-16(18,19)9-20-14(23)10-4-6-12(7-5-10)21-15(24)11-2-1-3-13(8-11)22(25)26/h1-8H,9H2,(H,20,23)(H,21,24). The van der Waals surface area contributed by atoms with Crippen molar-refractivity contribution in [3.8, 4) is 0 Å². The summed E-state index contributed by atoms with van der Waals surface area (Å²) in [6.45, 7) is -1.45. The number of nitro groups is 1. The van der Waals surface area contributed by atoms with E-state index in [1.807, 2.05) is 0 Å². The summed E-state index contributed by atoms with van der Waals surface area (Å²) in [4.78, 5) is 33.8. The molecule has 0 unspecified atom stereocenters.